The van der Waals surface area contributed by atoms with E-state index in [-0.39, 0.29) is 0 Å². The molecule has 0 aliphatic carbocycles. The molecular weight excluding hydrogens is 160 g/mol. The van der Waals surface area contributed by atoms with Gasteiger partial charge < -0.3 is 0 Å². The lowest BCUT2D eigenvalue weighted by molar-refractivity contribution is 0.764. The van der Waals surface area contributed by atoms with Crippen LogP contribution in [0.2, 0.25) is 0 Å². The molecule has 0 aromatic carbocycles. The maximum atomic E-state index is 5.61. The molecule has 0 aliphatic rings. The Morgan fingerprint density at radius 3 is 2.82 bits per heavy atom. The van der Waals surface area contributed by atoms with Crippen molar-refractivity contribution in [3.63, 3.8) is 0 Å². The van der Waals surface area contributed by atoms with Crippen LogP contribution in [-0.4, -0.2) is 9.97 Å². The summed E-state index contributed by atoms with van der Waals surface area (Å²) >= 11 is 5.61. The summed E-state index contributed by atoms with van der Waals surface area (Å²) in [6.07, 6.45) is 1.75. The summed E-state index contributed by atoms with van der Waals surface area (Å²) in [5, 5.41) is 0. The third-order valence-electron chi connectivity index (χ3n) is 1.39. The van der Waals surface area contributed by atoms with Gasteiger partial charge in [-0.25, -0.2) is 9.97 Å². The first-order valence-corrected chi connectivity index (χ1v) is 4.15. The molecule has 0 fully saturated rings. The molecule has 2 nitrogen and oxygen atoms in total. The Morgan fingerprint density at radius 2 is 2.27 bits per heavy atom. The summed E-state index contributed by atoms with van der Waals surface area (Å²) < 4.78 is 0. The zero-order valence-electron chi connectivity index (χ0n) is 6.71. The highest BCUT2D eigenvalue weighted by molar-refractivity contribution is 6.16. The number of nitrogens with zero attached hydrogens (tertiary/aromatic N) is 2. The number of rotatable bonds is 2. The van der Waals surface area contributed by atoms with Crippen LogP contribution in [0.3, 0.4) is 0 Å². The topological polar surface area (TPSA) is 25.8 Å². The van der Waals surface area contributed by atoms with Crippen molar-refractivity contribution in [2.45, 2.75) is 25.6 Å². The second-order valence-electron chi connectivity index (χ2n) is 2.69. The zero-order valence-corrected chi connectivity index (χ0v) is 7.47. The lowest BCUT2D eigenvalue weighted by Gasteiger charge is -2.02. The fourth-order valence-electron chi connectivity index (χ4n) is 0.766. The van der Waals surface area contributed by atoms with Crippen molar-refractivity contribution in [2.75, 3.05) is 0 Å². The van der Waals surface area contributed by atoms with Crippen LogP contribution in [0.1, 0.15) is 31.3 Å². The van der Waals surface area contributed by atoms with E-state index in [9.17, 15) is 0 Å². The van der Waals surface area contributed by atoms with Crippen LogP contribution < -0.4 is 0 Å². The third-order valence-corrected chi connectivity index (χ3v) is 1.66. The number of alkyl halides is 1. The molecule has 1 aromatic heterocycles. The fourth-order valence-corrected chi connectivity index (χ4v) is 0.914. The summed E-state index contributed by atoms with van der Waals surface area (Å²) in [4.78, 5) is 8.36. The number of hydrogen-bond acceptors (Lipinski definition) is 2. The monoisotopic (exact) mass is 170 g/mol. The highest BCUT2D eigenvalue weighted by Gasteiger charge is 2.01. The Kier molecular flexibility index (Phi) is 2.83. The fraction of sp³-hybridized carbons (Fsp3) is 0.500. The highest BCUT2D eigenvalue weighted by atomic mass is 35.5. The van der Waals surface area contributed by atoms with Crippen LogP contribution in [0.15, 0.2) is 12.3 Å². The molecule has 11 heavy (non-hydrogen) atoms. The van der Waals surface area contributed by atoms with Crippen molar-refractivity contribution in [3.05, 3.63) is 23.8 Å². The summed E-state index contributed by atoms with van der Waals surface area (Å²) in [6, 6.07) is 1.83. The molecule has 1 rings (SSSR count). The van der Waals surface area contributed by atoms with Gasteiger partial charge in [-0.05, 0) is 6.07 Å². The number of halogens is 1. The number of aromatic nitrogens is 2. The smallest absolute Gasteiger partial charge is 0.131 e. The number of hydrogen-bond donors (Lipinski definition) is 0. The average molecular weight is 171 g/mol. The third kappa shape index (κ3) is 2.15. The maximum absolute atomic E-state index is 5.61. The van der Waals surface area contributed by atoms with Gasteiger partial charge in [0.2, 0.25) is 0 Å². The van der Waals surface area contributed by atoms with Gasteiger partial charge in [-0.2, -0.15) is 0 Å². The molecule has 0 atom stereocenters. The lowest BCUT2D eigenvalue weighted by Crippen LogP contribution is -1.98. The van der Waals surface area contributed by atoms with E-state index < -0.39 is 0 Å². The molecule has 0 spiro atoms. The minimum absolute atomic E-state index is 0.373. The molecule has 3 heteroatoms. The second kappa shape index (κ2) is 3.67. The summed E-state index contributed by atoms with van der Waals surface area (Å²) in [5.74, 6) is 1.70. The lowest BCUT2D eigenvalue weighted by atomic mass is 10.2. The first-order valence-electron chi connectivity index (χ1n) is 3.62. The van der Waals surface area contributed by atoms with Gasteiger partial charge >= 0.3 is 0 Å². The van der Waals surface area contributed by atoms with Crippen LogP contribution in [-0.2, 0) is 5.88 Å². The predicted octanol–water partition coefficient (Wildman–Crippen LogP) is 2.34. The Morgan fingerprint density at radius 1 is 1.55 bits per heavy atom. The van der Waals surface area contributed by atoms with E-state index in [0.29, 0.717) is 11.8 Å². The van der Waals surface area contributed by atoms with Gasteiger partial charge in [0.15, 0.2) is 0 Å². The van der Waals surface area contributed by atoms with Crippen LogP contribution in [0.4, 0.5) is 0 Å². The second-order valence-corrected chi connectivity index (χ2v) is 2.96. The van der Waals surface area contributed by atoms with E-state index in [1.54, 1.807) is 6.20 Å². The van der Waals surface area contributed by atoms with E-state index in [4.69, 9.17) is 11.6 Å². The molecule has 1 heterocycles. The Bertz CT molecular complexity index is 235. The van der Waals surface area contributed by atoms with E-state index in [1.807, 2.05) is 6.07 Å². The first kappa shape index (κ1) is 8.47. The minimum Gasteiger partial charge on any atom is -0.241 e. The molecule has 1 aromatic rings. The van der Waals surface area contributed by atoms with Gasteiger partial charge in [0.1, 0.15) is 5.82 Å². The van der Waals surface area contributed by atoms with E-state index in [0.717, 1.165) is 11.5 Å². The molecule has 0 aliphatic heterocycles. The van der Waals surface area contributed by atoms with E-state index >= 15 is 0 Å². The van der Waals surface area contributed by atoms with Crippen molar-refractivity contribution in [1.29, 1.82) is 0 Å². The average Bonchev–Trinajstić information content (AvgIpc) is 2.05. The van der Waals surface area contributed by atoms with Gasteiger partial charge in [-0.15, -0.1) is 11.6 Å². The van der Waals surface area contributed by atoms with Crippen molar-refractivity contribution < 1.29 is 0 Å². The van der Waals surface area contributed by atoms with Gasteiger partial charge in [0.05, 0.1) is 11.6 Å². The van der Waals surface area contributed by atoms with Crippen molar-refractivity contribution in [2.24, 2.45) is 0 Å². The van der Waals surface area contributed by atoms with Crippen molar-refractivity contribution >= 4 is 11.6 Å². The van der Waals surface area contributed by atoms with E-state index in [2.05, 4.69) is 23.8 Å². The van der Waals surface area contributed by atoms with E-state index in [1.165, 1.54) is 0 Å². The molecule has 0 N–H and O–H groups in total. The zero-order chi connectivity index (χ0) is 8.27. The molecule has 0 saturated carbocycles. The molecule has 0 unspecified atom stereocenters. The molecule has 0 bridgehead atoms. The summed E-state index contributed by atoms with van der Waals surface area (Å²) in [7, 11) is 0. The molecule has 0 radical (unpaired) electrons. The van der Waals surface area contributed by atoms with Gasteiger partial charge in [-0.3, -0.25) is 0 Å². The van der Waals surface area contributed by atoms with Crippen LogP contribution >= 0.6 is 11.6 Å². The molecule has 0 amide bonds. The van der Waals surface area contributed by atoms with Crippen LogP contribution in [0.5, 0.6) is 0 Å². The van der Waals surface area contributed by atoms with Crippen LogP contribution in [0.25, 0.3) is 0 Å². The predicted molar refractivity (Wildman–Crippen MR) is 45.7 cm³/mol. The van der Waals surface area contributed by atoms with Crippen molar-refractivity contribution in [3.8, 4) is 0 Å². The van der Waals surface area contributed by atoms with Gasteiger partial charge in [0.25, 0.3) is 0 Å². The standard InChI is InChI=1S/C8H11ClN2/c1-6(2)8-10-4-3-7(5-9)11-8/h3-4,6H,5H2,1-2H3. The Labute approximate surface area is 71.6 Å². The molecule has 0 saturated heterocycles. The van der Waals surface area contributed by atoms with Crippen molar-refractivity contribution in [1.82, 2.24) is 9.97 Å². The minimum atomic E-state index is 0.373. The van der Waals surface area contributed by atoms with Crippen LogP contribution in [0, 0.1) is 0 Å². The Balaban J connectivity index is 2.91. The Hall–Kier alpha value is -0.630. The summed E-state index contributed by atoms with van der Waals surface area (Å²) in [5.41, 5.74) is 0.894. The first-order chi connectivity index (χ1) is 5.24. The summed E-state index contributed by atoms with van der Waals surface area (Å²) in [6.45, 7) is 4.13. The molecular formula is C8H11ClN2. The highest BCUT2D eigenvalue weighted by Crippen LogP contribution is 2.08. The molecule has 60 valence electrons. The van der Waals surface area contributed by atoms with Gasteiger partial charge in [0, 0.05) is 12.1 Å². The maximum Gasteiger partial charge on any atom is 0.131 e. The largest absolute Gasteiger partial charge is 0.241 e. The normalized spacial score (nSPS) is 10.5. The SMILES string of the molecule is CC(C)c1nccc(CCl)n1. The van der Waals surface area contributed by atoms with Gasteiger partial charge in [-0.1, -0.05) is 13.8 Å². The quantitative estimate of drug-likeness (QED) is 0.637.